The van der Waals surface area contributed by atoms with Crippen molar-refractivity contribution < 1.29 is 10.0 Å². The van der Waals surface area contributed by atoms with Crippen LogP contribution in [-0.2, 0) is 6.42 Å². The van der Waals surface area contributed by atoms with Gasteiger partial charge in [-0.1, -0.05) is 18.6 Å². The van der Waals surface area contributed by atoms with E-state index in [2.05, 4.69) is 11.8 Å². The van der Waals surface area contributed by atoms with Gasteiger partial charge in [0, 0.05) is 30.8 Å². The molecule has 1 fully saturated rings. The first-order valence-electron chi connectivity index (χ1n) is 7.21. The summed E-state index contributed by atoms with van der Waals surface area (Å²) in [6.07, 6.45) is 4.27. The van der Waals surface area contributed by atoms with Gasteiger partial charge < -0.3 is 5.11 Å². The summed E-state index contributed by atoms with van der Waals surface area (Å²) in [7, 11) is 0. The molecule has 0 aliphatic carbocycles. The Hall–Kier alpha value is -1.46. The first-order chi connectivity index (χ1) is 9.61. The van der Waals surface area contributed by atoms with Gasteiger partial charge in [0.1, 0.15) is 0 Å². The van der Waals surface area contributed by atoms with Gasteiger partial charge in [0.15, 0.2) is 0 Å². The van der Waals surface area contributed by atoms with Gasteiger partial charge in [0.05, 0.1) is 11.5 Å². The highest BCUT2D eigenvalue weighted by atomic mass is 16.6. The first kappa shape index (κ1) is 14.9. The highest BCUT2D eigenvalue weighted by Gasteiger charge is 2.26. The molecule has 1 aliphatic rings. The number of hydrogen-bond donors (Lipinski definition) is 1. The molecule has 1 N–H and O–H groups in total. The topological polar surface area (TPSA) is 66.6 Å². The Morgan fingerprint density at radius 2 is 2.05 bits per heavy atom. The number of non-ortho nitro benzene ring substituents is 1. The third-order valence-corrected chi connectivity index (χ3v) is 4.21. The Morgan fingerprint density at radius 1 is 1.35 bits per heavy atom. The summed E-state index contributed by atoms with van der Waals surface area (Å²) in [5.74, 6) is 0. The number of aliphatic hydroxyl groups is 1. The molecule has 20 heavy (non-hydrogen) atoms. The van der Waals surface area contributed by atoms with Gasteiger partial charge in [-0.25, -0.2) is 0 Å². The lowest BCUT2D eigenvalue weighted by Crippen LogP contribution is -2.47. The van der Waals surface area contributed by atoms with E-state index in [0.717, 1.165) is 24.9 Å². The standard InChI is InChI=1S/C15H22N2O3/c1-12-3-2-4-15(11-18)16(12)10-9-13-5-7-14(8-6-13)17(19)20/h5-8,12,15,18H,2-4,9-11H2,1H3. The summed E-state index contributed by atoms with van der Waals surface area (Å²) in [5, 5.41) is 20.1. The summed E-state index contributed by atoms with van der Waals surface area (Å²) in [4.78, 5) is 12.6. The normalized spacial score (nSPS) is 23.7. The highest BCUT2D eigenvalue weighted by molar-refractivity contribution is 5.32. The second kappa shape index (κ2) is 6.81. The van der Waals surface area contributed by atoms with Gasteiger partial charge in [-0.15, -0.1) is 0 Å². The first-order valence-corrected chi connectivity index (χ1v) is 7.21. The lowest BCUT2D eigenvalue weighted by molar-refractivity contribution is -0.384. The van der Waals surface area contributed by atoms with Crippen molar-refractivity contribution >= 4 is 5.69 Å². The number of aliphatic hydroxyl groups excluding tert-OH is 1. The van der Waals surface area contributed by atoms with E-state index in [-0.39, 0.29) is 23.3 Å². The molecule has 0 aromatic heterocycles. The Morgan fingerprint density at radius 3 is 2.65 bits per heavy atom. The van der Waals surface area contributed by atoms with E-state index in [1.54, 1.807) is 12.1 Å². The van der Waals surface area contributed by atoms with E-state index in [1.807, 2.05) is 12.1 Å². The van der Waals surface area contributed by atoms with Gasteiger partial charge in [-0.05, 0) is 31.7 Å². The van der Waals surface area contributed by atoms with Crippen molar-refractivity contribution in [3.8, 4) is 0 Å². The number of nitro groups is 1. The molecule has 0 amide bonds. The molecule has 0 spiro atoms. The van der Waals surface area contributed by atoms with Crippen LogP contribution in [-0.4, -0.2) is 40.2 Å². The van der Waals surface area contributed by atoms with Gasteiger partial charge >= 0.3 is 0 Å². The lowest BCUT2D eigenvalue weighted by atomic mass is 9.96. The molecule has 1 aromatic rings. The minimum absolute atomic E-state index is 0.133. The summed E-state index contributed by atoms with van der Waals surface area (Å²) < 4.78 is 0. The number of hydrogen-bond acceptors (Lipinski definition) is 4. The van der Waals surface area contributed by atoms with Crippen LogP contribution in [0.2, 0.25) is 0 Å². The maximum Gasteiger partial charge on any atom is 0.269 e. The molecule has 0 radical (unpaired) electrons. The maximum absolute atomic E-state index is 10.6. The summed E-state index contributed by atoms with van der Waals surface area (Å²) in [6.45, 7) is 3.31. The summed E-state index contributed by atoms with van der Waals surface area (Å²) in [6, 6.07) is 7.51. The van der Waals surface area contributed by atoms with Crippen LogP contribution in [0.25, 0.3) is 0 Å². The van der Waals surface area contributed by atoms with E-state index >= 15 is 0 Å². The number of nitro benzene ring substituents is 1. The van der Waals surface area contributed by atoms with E-state index in [9.17, 15) is 15.2 Å². The van der Waals surface area contributed by atoms with E-state index in [4.69, 9.17) is 0 Å². The third kappa shape index (κ3) is 3.55. The monoisotopic (exact) mass is 278 g/mol. The van der Waals surface area contributed by atoms with Crippen LogP contribution in [0.4, 0.5) is 5.69 Å². The molecule has 0 bridgehead atoms. The average Bonchev–Trinajstić information content (AvgIpc) is 2.46. The Labute approximate surface area is 119 Å². The van der Waals surface area contributed by atoms with Crippen LogP contribution in [0.3, 0.4) is 0 Å². The highest BCUT2D eigenvalue weighted by Crippen LogP contribution is 2.23. The van der Waals surface area contributed by atoms with E-state index in [0.29, 0.717) is 6.04 Å². The van der Waals surface area contributed by atoms with Crippen LogP contribution < -0.4 is 0 Å². The maximum atomic E-state index is 10.6. The smallest absolute Gasteiger partial charge is 0.269 e. The predicted molar refractivity (Wildman–Crippen MR) is 77.7 cm³/mol. The SMILES string of the molecule is CC1CCCC(CO)N1CCc1ccc([N+](=O)[O-])cc1. The zero-order chi connectivity index (χ0) is 14.5. The van der Waals surface area contributed by atoms with Crippen LogP contribution >= 0.6 is 0 Å². The number of likely N-dealkylation sites (tertiary alicyclic amines) is 1. The minimum atomic E-state index is -0.377. The van der Waals surface area contributed by atoms with Crippen molar-refractivity contribution in [1.29, 1.82) is 0 Å². The molecule has 2 unspecified atom stereocenters. The van der Waals surface area contributed by atoms with Gasteiger partial charge in [-0.3, -0.25) is 15.0 Å². The Balaban J connectivity index is 1.94. The second-order valence-corrected chi connectivity index (χ2v) is 5.53. The van der Waals surface area contributed by atoms with E-state index < -0.39 is 0 Å². The van der Waals surface area contributed by atoms with Crippen molar-refractivity contribution in [2.24, 2.45) is 0 Å². The zero-order valence-corrected chi connectivity index (χ0v) is 11.9. The lowest BCUT2D eigenvalue weighted by Gasteiger charge is -2.40. The second-order valence-electron chi connectivity index (χ2n) is 5.53. The van der Waals surface area contributed by atoms with Gasteiger partial charge in [-0.2, -0.15) is 0 Å². The van der Waals surface area contributed by atoms with Crippen LogP contribution in [0, 0.1) is 10.1 Å². The molecule has 1 heterocycles. The molecule has 5 nitrogen and oxygen atoms in total. The van der Waals surface area contributed by atoms with Crippen LogP contribution in [0.5, 0.6) is 0 Å². The molecule has 1 saturated heterocycles. The van der Waals surface area contributed by atoms with Crippen LogP contribution in [0.15, 0.2) is 24.3 Å². The van der Waals surface area contributed by atoms with Crippen LogP contribution in [0.1, 0.15) is 31.7 Å². The fraction of sp³-hybridized carbons (Fsp3) is 0.600. The molecule has 2 rings (SSSR count). The van der Waals surface area contributed by atoms with Crippen molar-refractivity contribution in [2.75, 3.05) is 13.2 Å². The number of piperidine rings is 1. The molecule has 0 saturated carbocycles. The zero-order valence-electron chi connectivity index (χ0n) is 11.9. The molecule has 2 atom stereocenters. The fourth-order valence-corrected chi connectivity index (χ4v) is 2.98. The largest absolute Gasteiger partial charge is 0.395 e. The van der Waals surface area contributed by atoms with Crippen molar-refractivity contribution in [2.45, 2.75) is 44.7 Å². The molecular weight excluding hydrogens is 256 g/mol. The van der Waals surface area contributed by atoms with Crippen molar-refractivity contribution in [3.05, 3.63) is 39.9 Å². The average molecular weight is 278 g/mol. The Bertz CT molecular complexity index is 447. The van der Waals surface area contributed by atoms with Gasteiger partial charge in [0.2, 0.25) is 0 Å². The quantitative estimate of drug-likeness (QED) is 0.663. The number of nitrogens with zero attached hydrogens (tertiary/aromatic N) is 2. The minimum Gasteiger partial charge on any atom is -0.395 e. The summed E-state index contributed by atoms with van der Waals surface area (Å²) in [5.41, 5.74) is 1.23. The van der Waals surface area contributed by atoms with Gasteiger partial charge in [0.25, 0.3) is 5.69 Å². The molecular formula is C15H22N2O3. The molecule has 110 valence electrons. The summed E-state index contributed by atoms with van der Waals surface area (Å²) >= 11 is 0. The number of rotatable bonds is 5. The predicted octanol–water partition coefficient (Wildman–Crippen LogP) is 2.37. The Kier molecular flexibility index (Phi) is 5.09. The van der Waals surface area contributed by atoms with Crippen molar-refractivity contribution in [1.82, 2.24) is 4.90 Å². The number of benzene rings is 1. The fourth-order valence-electron chi connectivity index (χ4n) is 2.98. The third-order valence-electron chi connectivity index (χ3n) is 4.21. The van der Waals surface area contributed by atoms with E-state index in [1.165, 1.54) is 12.8 Å². The molecule has 1 aromatic carbocycles. The molecule has 5 heteroatoms. The molecule has 1 aliphatic heterocycles. The van der Waals surface area contributed by atoms with Crippen molar-refractivity contribution in [3.63, 3.8) is 0 Å².